The molecule has 0 unspecified atom stereocenters. The molecule has 0 atom stereocenters. The minimum absolute atomic E-state index is 0. The van der Waals surface area contributed by atoms with Crippen molar-refractivity contribution in [3.8, 4) is 11.1 Å². The van der Waals surface area contributed by atoms with E-state index in [1.165, 1.54) is 33.4 Å². The van der Waals surface area contributed by atoms with Gasteiger partial charge in [-0.2, -0.15) is 47.0 Å². The third-order valence-electron chi connectivity index (χ3n) is 3.68. The summed E-state index contributed by atoms with van der Waals surface area (Å²) in [7, 11) is 0. The smallest absolute Gasteiger partial charge is 0 e. The molecule has 21 heavy (non-hydrogen) atoms. The average Bonchev–Trinajstić information content (AvgIpc) is 3.02. The maximum atomic E-state index is 3.30. The molecule has 0 saturated carbocycles. The second kappa shape index (κ2) is 7.09. The number of benzene rings is 2. The van der Waals surface area contributed by atoms with Crippen LogP contribution in [0.2, 0.25) is 0 Å². The maximum Gasteiger partial charge on any atom is 0 e. The van der Waals surface area contributed by atoms with E-state index in [-0.39, 0.29) is 25.8 Å². The Morgan fingerprint density at radius 1 is 0.857 bits per heavy atom. The molecule has 1 heteroatoms. The van der Waals surface area contributed by atoms with E-state index >= 15 is 0 Å². The molecular weight excluding hydrogens is 419 g/mol. The molecule has 0 bridgehead atoms. The second-order valence-corrected chi connectivity index (χ2v) is 5.36. The summed E-state index contributed by atoms with van der Waals surface area (Å²) in [5.41, 5.74) is 8.23. The minimum atomic E-state index is 0. The SMILES string of the molecule is Cc1ccc(C)[cH-]1.[Hf].[c-]1cccc2c1Cc1ccccc1-2. The Morgan fingerprint density at radius 3 is 2.19 bits per heavy atom. The van der Waals surface area contributed by atoms with Crippen molar-refractivity contribution >= 4 is 0 Å². The molecule has 0 radical (unpaired) electrons. The Hall–Kier alpha value is -1.34. The summed E-state index contributed by atoms with van der Waals surface area (Å²) in [5, 5.41) is 0. The molecule has 0 aromatic heterocycles. The first-order valence-corrected chi connectivity index (χ1v) is 7.02. The number of aryl methyl sites for hydroxylation is 2. The van der Waals surface area contributed by atoms with E-state index in [0.29, 0.717) is 0 Å². The largest absolute Gasteiger partial charge is 0.211 e. The molecule has 0 heterocycles. The van der Waals surface area contributed by atoms with E-state index in [0.717, 1.165) is 6.42 Å². The topological polar surface area (TPSA) is 0 Å². The van der Waals surface area contributed by atoms with Crippen molar-refractivity contribution in [1.82, 2.24) is 0 Å². The molecule has 4 rings (SSSR count). The Bertz CT molecular complexity index is 662. The summed E-state index contributed by atoms with van der Waals surface area (Å²) in [5.74, 6) is 0. The van der Waals surface area contributed by atoms with Gasteiger partial charge in [0.05, 0.1) is 0 Å². The molecule has 0 aliphatic heterocycles. The zero-order chi connectivity index (χ0) is 13.9. The Morgan fingerprint density at radius 2 is 1.52 bits per heavy atom. The number of fused-ring (bicyclic) bond motifs is 3. The van der Waals surface area contributed by atoms with E-state index in [1.807, 2.05) is 6.07 Å². The molecule has 0 fully saturated rings. The van der Waals surface area contributed by atoms with Gasteiger partial charge in [-0.15, -0.1) is 5.56 Å². The van der Waals surface area contributed by atoms with Crippen LogP contribution in [-0.2, 0) is 32.3 Å². The van der Waals surface area contributed by atoms with Gasteiger partial charge in [-0.3, -0.25) is 0 Å². The summed E-state index contributed by atoms with van der Waals surface area (Å²) in [6.45, 7) is 4.21. The normalized spacial score (nSPS) is 10.8. The van der Waals surface area contributed by atoms with Crippen LogP contribution < -0.4 is 0 Å². The van der Waals surface area contributed by atoms with Crippen LogP contribution in [0.1, 0.15) is 22.3 Å². The van der Waals surface area contributed by atoms with Crippen LogP contribution in [0.15, 0.2) is 60.7 Å². The Labute approximate surface area is 146 Å². The van der Waals surface area contributed by atoms with E-state index in [9.17, 15) is 0 Å². The van der Waals surface area contributed by atoms with Crippen LogP contribution in [-0.4, -0.2) is 0 Å². The number of hydrogen-bond donors (Lipinski definition) is 0. The first-order valence-electron chi connectivity index (χ1n) is 7.02. The van der Waals surface area contributed by atoms with Crippen LogP contribution in [0.4, 0.5) is 0 Å². The van der Waals surface area contributed by atoms with Gasteiger partial charge in [0.15, 0.2) is 0 Å². The van der Waals surface area contributed by atoms with Crippen LogP contribution in [0, 0.1) is 19.9 Å². The van der Waals surface area contributed by atoms with Crippen LogP contribution in [0.5, 0.6) is 0 Å². The van der Waals surface area contributed by atoms with Gasteiger partial charge in [-0.25, -0.2) is 12.1 Å². The number of rotatable bonds is 0. The summed E-state index contributed by atoms with van der Waals surface area (Å²) in [6, 6.07) is 24.5. The molecule has 1 aliphatic rings. The summed E-state index contributed by atoms with van der Waals surface area (Å²) in [6.07, 6.45) is 1.05. The van der Waals surface area contributed by atoms with Crippen molar-refractivity contribution in [1.29, 1.82) is 0 Å². The Balaban J connectivity index is 0.000000174. The third-order valence-corrected chi connectivity index (χ3v) is 3.68. The fraction of sp³-hybridized carbons (Fsp3) is 0.150. The van der Waals surface area contributed by atoms with Crippen molar-refractivity contribution in [3.05, 3.63) is 89.0 Å². The van der Waals surface area contributed by atoms with Crippen LogP contribution in [0.25, 0.3) is 11.1 Å². The van der Waals surface area contributed by atoms with Gasteiger partial charge in [0.25, 0.3) is 0 Å². The molecule has 3 aromatic carbocycles. The standard InChI is InChI=1S/C13H9.C7H9.Hf/c1-3-7-12-10(5-1)9-11-6-2-4-8-13(11)12;1-6-3-4-7(2)5-6;/h1-5,7-8H,9H2;3-5H,1-2H3;/q2*-1;. The summed E-state index contributed by atoms with van der Waals surface area (Å²) in [4.78, 5) is 0. The van der Waals surface area contributed by atoms with E-state index < -0.39 is 0 Å². The van der Waals surface area contributed by atoms with Crippen molar-refractivity contribution in [2.45, 2.75) is 20.3 Å². The van der Waals surface area contributed by atoms with Crippen molar-refractivity contribution in [3.63, 3.8) is 0 Å². The molecule has 0 saturated heterocycles. The van der Waals surface area contributed by atoms with Crippen LogP contribution >= 0.6 is 0 Å². The zero-order valence-electron chi connectivity index (χ0n) is 12.5. The summed E-state index contributed by atoms with van der Waals surface area (Å²) >= 11 is 0. The van der Waals surface area contributed by atoms with Gasteiger partial charge in [0.2, 0.25) is 0 Å². The first kappa shape index (κ1) is 16.0. The van der Waals surface area contributed by atoms with E-state index in [4.69, 9.17) is 0 Å². The van der Waals surface area contributed by atoms with Gasteiger partial charge in [-0.1, -0.05) is 49.2 Å². The second-order valence-electron chi connectivity index (χ2n) is 5.36. The molecular formula is C20H18Hf-2. The molecule has 104 valence electrons. The van der Waals surface area contributed by atoms with Crippen molar-refractivity contribution < 1.29 is 25.8 Å². The predicted molar refractivity (Wildman–Crippen MR) is 85.0 cm³/mol. The fourth-order valence-electron chi connectivity index (χ4n) is 2.72. The molecule has 0 amide bonds. The van der Waals surface area contributed by atoms with Gasteiger partial charge >= 0.3 is 0 Å². The predicted octanol–water partition coefficient (Wildman–Crippen LogP) is 5.08. The van der Waals surface area contributed by atoms with Gasteiger partial charge < -0.3 is 0 Å². The van der Waals surface area contributed by atoms with E-state index in [2.05, 4.69) is 74.5 Å². The van der Waals surface area contributed by atoms with Crippen molar-refractivity contribution in [2.75, 3.05) is 0 Å². The van der Waals surface area contributed by atoms with Gasteiger partial charge in [0, 0.05) is 25.8 Å². The zero-order valence-corrected chi connectivity index (χ0v) is 16.1. The van der Waals surface area contributed by atoms with Gasteiger partial charge in [0.1, 0.15) is 0 Å². The minimum Gasteiger partial charge on any atom is -0.211 e. The molecule has 1 aliphatic carbocycles. The third kappa shape index (κ3) is 3.65. The number of hydrogen-bond acceptors (Lipinski definition) is 0. The Kier molecular flexibility index (Phi) is 5.41. The molecule has 0 nitrogen and oxygen atoms in total. The maximum absolute atomic E-state index is 3.30. The van der Waals surface area contributed by atoms with Crippen LogP contribution in [0.3, 0.4) is 0 Å². The van der Waals surface area contributed by atoms with E-state index in [1.54, 1.807) is 0 Å². The average molecular weight is 437 g/mol. The quantitative estimate of drug-likeness (QED) is 0.266. The first-order chi connectivity index (χ1) is 9.74. The fourth-order valence-corrected chi connectivity index (χ4v) is 2.72. The monoisotopic (exact) mass is 438 g/mol. The van der Waals surface area contributed by atoms with Gasteiger partial charge in [-0.05, 0) is 6.42 Å². The molecule has 0 N–H and O–H groups in total. The molecule has 0 spiro atoms. The van der Waals surface area contributed by atoms with Crippen molar-refractivity contribution in [2.24, 2.45) is 0 Å². The molecule has 3 aromatic rings. The summed E-state index contributed by atoms with van der Waals surface area (Å²) < 4.78 is 0.